The van der Waals surface area contributed by atoms with Crippen molar-refractivity contribution in [3.05, 3.63) is 24.0 Å². The maximum absolute atomic E-state index is 11.2. The Morgan fingerprint density at radius 3 is 3.07 bits per heavy atom. The molecule has 0 fully saturated rings. The van der Waals surface area contributed by atoms with Crippen LogP contribution in [0.4, 0.5) is 0 Å². The summed E-state index contributed by atoms with van der Waals surface area (Å²) in [5, 5.41) is 3.06. The zero-order valence-electron chi connectivity index (χ0n) is 8.54. The Bertz CT molecular complexity index is 270. The number of ether oxygens (including phenoxy) is 1. The fourth-order valence-corrected chi connectivity index (χ4v) is 1.09. The molecule has 0 saturated heterocycles. The Labute approximate surface area is 83.7 Å². The highest BCUT2D eigenvalue weighted by molar-refractivity contribution is 5.75. The molecule has 1 atom stereocenters. The first-order chi connectivity index (χ1) is 6.74. The van der Waals surface area contributed by atoms with Crippen molar-refractivity contribution in [3.63, 3.8) is 0 Å². The molecule has 14 heavy (non-hydrogen) atoms. The number of H-pyrrole nitrogens is 1. The lowest BCUT2D eigenvalue weighted by atomic mass is 10.3. The molecule has 4 nitrogen and oxygen atoms in total. The number of nitrogens with one attached hydrogen (secondary N) is 2. The van der Waals surface area contributed by atoms with Crippen LogP contribution in [0.3, 0.4) is 0 Å². The minimum absolute atomic E-state index is 0.209. The summed E-state index contributed by atoms with van der Waals surface area (Å²) in [6.07, 6.45) is 1.85. The molecule has 0 saturated carbocycles. The monoisotopic (exact) mass is 196 g/mol. The molecule has 1 aromatic rings. The third kappa shape index (κ3) is 3.22. The number of hydrogen-bond acceptors (Lipinski definition) is 3. The zero-order valence-corrected chi connectivity index (χ0v) is 8.54. The summed E-state index contributed by atoms with van der Waals surface area (Å²) < 4.78 is 4.86. The van der Waals surface area contributed by atoms with Gasteiger partial charge in [0.05, 0.1) is 6.61 Å². The minimum Gasteiger partial charge on any atom is -0.465 e. The summed E-state index contributed by atoms with van der Waals surface area (Å²) in [5.74, 6) is -0.209. The van der Waals surface area contributed by atoms with Gasteiger partial charge in [-0.15, -0.1) is 0 Å². The second-order valence-corrected chi connectivity index (χ2v) is 3.05. The minimum atomic E-state index is -0.266. The molecule has 0 aliphatic heterocycles. The first-order valence-electron chi connectivity index (χ1n) is 4.76. The van der Waals surface area contributed by atoms with Crippen molar-refractivity contribution in [3.8, 4) is 0 Å². The fraction of sp³-hybridized carbons (Fsp3) is 0.500. The second-order valence-electron chi connectivity index (χ2n) is 3.05. The quantitative estimate of drug-likeness (QED) is 0.692. The number of carbonyl (C=O) groups is 1. The lowest BCUT2D eigenvalue weighted by Gasteiger charge is -2.11. The van der Waals surface area contributed by atoms with E-state index in [-0.39, 0.29) is 12.0 Å². The van der Waals surface area contributed by atoms with E-state index in [4.69, 9.17) is 4.74 Å². The number of esters is 1. The highest BCUT2D eigenvalue weighted by Crippen LogP contribution is 1.95. The first-order valence-corrected chi connectivity index (χ1v) is 4.76. The maximum Gasteiger partial charge on any atom is 0.322 e. The molecule has 1 rings (SSSR count). The number of aromatic nitrogens is 1. The summed E-state index contributed by atoms with van der Waals surface area (Å²) in [5.41, 5.74) is 1.06. The van der Waals surface area contributed by atoms with Crippen LogP contribution in [0.25, 0.3) is 0 Å². The smallest absolute Gasteiger partial charge is 0.322 e. The van der Waals surface area contributed by atoms with Crippen molar-refractivity contribution < 1.29 is 9.53 Å². The van der Waals surface area contributed by atoms with Crippen LogP contribution in [-0.4, -0.2) is 23.6 Å². The van der Waals surface area contributed by atoms with Crippen molar-refractivity contribution >= 4 is 5.97 Å². The van der Waals surface area contributed by atoms with Crippen molar-refractivity contribution in [2.24, 2.45) is 0 Å². The van der Waals surface area contributed by atoms with E-state index in [2.05, 4.69) is 10.3 Å². The third-order valence-electron chi connectivity index (χ3n) is 1.90. The summed E-state index contributed by atoms with van der Waals surface area (Å²) in [7, 11) is 0. The second kappa shape index (κ2) is 5.44. The van der Waals surface area contributed by atoms with Gasteiger partial charge in [-0.05, 0) is 26.0 Å². The van der Waals surface area contributed by atoms with Crippen LogP contribution in [0.2, 0.25) is 0 Å². The highest BCUT2D eigenvalue weighted by atomic mass is 16.5. The van der Waals surface area contributed by atoms with E-state index in [1.807, 2.05) is 18.3 Å². The van der Waals surface area contributed by atoms with Gasteiger partial charge in [-0.2, -0.15) is 0 Å². The molecule has 0 aliphatic rings. The number of hydrogen-bond donors (Lipinski definition) is 2. The summed E-state index contributed by atoms with van der Waals surface area (Å²) >= 11 is 0. The SMILES string of the molecule is CCOC(=O)C(C)NCc1ccc[nH]1. The fourth-order valence-electron chi connectivity index (χ4n) is 1.09. The maximum atomic E-state index is 11.2. The Kier molecular flexibility index (Phi) is 4.19. The van der Waals surface area contributed by atoms with E-state index in [0.717, 1.165) is 5.69 Å². The van der Waals surface area contributed by atoms with Crippen LogP contribution in [0.15, 0.2) is 18.3 Å². The van der Waals surface area contributed by atoms with Crippen LogP contribution < -0.4 is 5.32 Å². The molecule has 2 N–H and O–H groups in total. The predicted molar refractivity (Wildman–Crippen MR) is 53.7 cm³/mol. The van der Waals surface area contributed by atoms with Crippen molar-refractivity contribution in [2.75, 3.05) is 6.61 Å². The lowest BCUT2D eigenvalue weighted by Crippen LogP contribution is -2.34. The van der Waals surface area contributed by atoms with Crippen molar-refractivity contribution in [1.82, 2.24) is 10.3 Å². The Balaban J connectivity index is 2.27. The Morgan fingerprint density at radius 2 is 2.50 bits per heavy atom. The van der Waals surface area contributed by atoms with E-state index >= 15 is 0 Å². The zero-order chi connectivity index (χ0) is 10.4. The molecule has 0 radical (unpaired) electrons. The molecule has 1 unspecified atom stereocenters. The number of rotatable bonds is 5. The highest BCUT2D eigenvalue weighted by Gasteiger charge is 2.12. The van der Waals surface area contributed by atoms with Crippen LogP contribution in [0, 0.1) is 0 Å². The van der Waals surface area contributed by atoms with E-state index in [1.165, 1.54) is 0 Å². The van der Waals surface area contributed by atoms with Gasteiger partial charge in [-0.1, -0.05) is 0 Å². The standard InChI is InChI=1S/C10H16N2O2/c1-3-14-10(13)8(2)12-7-9-5-4-6-11-9/h4-6,8,11-12H,3,7H2,1-2H3. The number of aromatic amines is 1. The molecular weight excluding hydrogens is 180 g/mol. The Hall–Kier alpha value is -1.29. The van der Waals surface area contributed by atoms with E-state index < -0.39 is 0 Å². The van der Waals surface area contributed by atoms with Gasteiger partial charge in [0, 0.05) is 18.4 Å². The van der Waals surface area contributed by atoms with Gasteiger partial charge in [0.15, 0.2) is 0 Å². The molecule has 0 spiro atoms. The van der Waals surface area contributed by atoms with Gasteiger partial charge >= 0.3 is 5.97 Å². The molecule has 0 bridgehead atoms. The van der Waals surface area contributed by atoms with E-state index in [0.29, 0.717) is 13.2 Å². The van der Waals surface area contributed by atoms with Gasteiger partial charge < -0.3 is 9.72 Å². The molecule has 4 heteroatoms. The van der Waals surface area contributed by atoms with Gasteiger partial charge in [-0.25, -0.2) is 0 Å². The van der Waals surface area contributed by atoms with Crippen LogP contribution in [0.1, 0.15) is 19.5 Å². The van der Waals surface area contributed by atoms with Gasteiger partial charge in [0.1, 0.15) is 6.04 Å². The van der Waals surface area contributed by atoms with E-state index in [9.17, 15) is 4.79 Å². The topological polar surface area (TPSA) is 54.1 Å². The predicted octanol–water partition coefficient (Wildman–Crippen LogP) is 1.06. The molecular formula is C10H16N2O2. The largest absolute Gasteiger partial charge is 0.465 e. The van der Waals surface area contributed by atoms with Crippen LogP contribution in [-0.2, 0) is 16.1 Å². The van der Waals surface area contributed by atoms with Crippen LogP contribution >= 0.6 is 0 Å². The molecule has 0 aromatic carbocycles. The normalized spacial score (nSPS) is 12.4. The van der Waals surface area contributed by atoms with Gasteiger partial charge in [-0.3, -0.25) is 10.1 Å². The summed E-state index contributed by atoms with van der Waals surface area (Å²) in [4.78, 5) is 14.3. The van der Waals surface area contributed by atoms with E-state index in [1.54, 1.807) is 13.8 Å². The summed E-state index contributed by atoms with van der Waals surface area (Å²) in [6.45, 7) is 4.66. The van der Waals surface area contributed by atoms with Gasteiger partial charge in [0.25, 0.3) is 0 Å². The summed E-state index contributed by atoms with van der Waals surface area (Å²) in [6, 6.07) is 3.62. The van der Waals surface area contributed by atoms with Gasteiger partial charge in [0.2, 0.25) is 0 Å². The molecule has 0 amide bonds. The molecule has 0 aliphatic carbocycles. The molecule has 78 valence electrons. The molecule has 1 heterocycles. The van der Waals surface area contributed by atoms with Crippen molar-refractivity contribution in [1.29, 1.82) is 0 Å². The molecule has 1 aromatic heterocycles. The first kappa shape index (κ1) is 10.8. The average Bonchev–Trinajstić information content (AvgIpc) is 2.67. The Morgan fingerprint density at radius 1 is 1.71 bits per heavy atom. The third-order valence-corrected chi connectivity index (χ3v) is 1.90. The average molecular weight is 196 g/mol. The van der Waals surface area contributed by atoms with Crippen LogP contribution in [0.5, 0.6) is 0 Å². The lowest BCUT2D eigenvalue weighted by molar-refractivity contribution is -0.145. The van der Waals surface area contributed by atoms with Crippen molar-refractivity contribution in [2.45, 2.75) is 26.4 Å². The number of carbonyl (C=O) groups excluding carboxylic acids is 1.